The SMILES string of the molecule is C=CCNC(=S)Nc1ccc2ncc(C3=CCNC(COC)C(OC)=C3)nc2n1. The maximum atomic E-state index is 5.55. The molecule has 2 aromatic heterocycles. The van der Waals surface area contributed by atoms with Crippen molar-refractivity contribution in [1.82, 2.24) is 25.6 Å². The molecule has 8 nitrogen and oxygen atoms in total. The number of fused-ring (bicyclic) bond motifs is 1. The Kier molecular flexibility index (Phi) is 7.23. The van der Waals surface area contributed by atoms with Gasteiger partial charge in [0.05, 0.1) is 31.6 Å². The van der Waals surface area contributed by atoms with Crippen molar-refractivity contribution in [2.75, 3.05) is 39.2 Å². The second-order valence-corrected chi connectivity index (χ2v) is 6.65. The first kappa shape index (κ1) is 20.8. The van der Waals surface area contributed by atoms with Crippen molar-refractivity contribution in [2.24, 2.45) is 0 Å². The molecule has 1 aliphatic rings. The normalized spacial score (nSPS) is 16.4. The molecule has 152 valence electrons. The van der Waals surface area contributed by atoms with E-state index in [9.17, 15) is 0 Å². The van der Waals surface area contributed by atoms with Gasteiger partial charge in [0.25, 0.3) is 0 Å². The number of rotatable bonds is 7. The van der Waals surface area contributed by atoms with Crippen LogP contribution in [0.3, 0.4) is 0 Å². The molecule has 2 aromatic rings. The Morgan fingerprint density at radius 1 is 1.38 bits per heavy atom. The Morgan fingerprint density at radius 2 is 2.24 bits per heavy atom. The fourth-order valence-corrected chi connectivity index (χ4v) is 3.03. The molecular formula is C20H24N6O2S. The van der Waals surface area contributed by atoms with Gasteiger partial charge in [-0.1, -0.05) is 12.2 Å². The minimum Gasteiger partial charge on any atom is -0.499 e. The van der Waals surface area contributed by atoms with Crippen molar-refractivity contribution in [3.8, 4) is 0 Å². The van der Waals surface area contributed by atoms with Gasteiger partial charge in [0, 0.05) is 25.8 Å². The summed E-state index contributed by atoms with van der Waals surface area (Å²) in [6.07, 6.45) is 7.46. The number of aromatic nitrogens is 3. The van der Waals surface area contributed by atoms with Gasteiger partial charge in [0.1, 0.15) is 17.1 Å². The average molecular weight is 413 g/mol. The molecule has 3 heterocycles. The van der Waals surface area contributed by atoms with Crippen LogP contribution in [0.4, 0.5) is 5.82 Å². The standard InChI is InChI=1S/C20H24N6O2S/c1-4-8-22-20(29)26-18-6-5-14-19(25-18)24-15(11-23-14)13-7-9-21-16(12-27-2)17(10-13)28-3/h4-7,10-11,16,21H,1,8-9,12H2,2-3H3,(H2,22,24,25,26,29). The molecule has 3 rings (SSSR count). The molecule has 0 bridgehead atoms. The van der Waals surface area contributed by atoms with E-state index in [1.165, 1.54) is 0 Å². The Balaban J connectivity index is 1.87. The molecule has 1 aliphatic heterocycles. The van der Waals surface area contributed by atoms with Gasteiger partial charge in [-0.05, 0) is 30.4 Å². The van der Waals surface area contributed by atoms with E-state index in [-0.39, 0.29) is 6.04 Å². The Morgan fingerprint density at radius 3 is 3.00 bits per heavy atom. The molecule has 1 atom stereocenters. The van der Waals surface area contributed by atoms with Crippen molar-refractivity contribution < 1.29 is 9.47 Å². The smallest absolute Gasteiger partial charge is 0.180 e. The second kappa shape index (κ2) is 10.1. The quantitative estimate of drug-likeness (QED) is 0.466. The maximum Gasteiger partial charge on any atom is 0.180 e. The predicted molar refractivity (Wildman–Crippen MR) is 118 cm³/mol. The molecule has 0 saturated carbocycles. The maximum absolute atomic E-state index is 5.55. The summed E-state index contributed by atoms with van der Waals surface area (Å²) in [6, 6.07) is 3.64. The topological polar surface area (TPSA) is 93.2 Å². The summed E-state index contributed by atoms with van der Waals surface area (Å²) in [5.74, 6) is 1.37. The number of hydrogen-bond donors (Lipinski definition) is 3. The van der Waals surface area contributed by atoms with E-state index in [1.807, 2.05) is 24.3 Å². The molecule has 0 aliphatic carbocycles. The van der Waals surface area contributed by atoms with Crippen LogP contribution in [0.1, 0.15) is 5.69 Å². The minimum absolute atomic E-state index is 0.0230. The number of hydrogen-bond acceptors (Lipinski definition) is 7. The zero-order valence-corrected chi connectivity index (χ0v) is 17.3. The molecule has 0 amide bonds. The third kappa shape index (κ3) is 5.35. The van der Waals surface area contributed by atoms with Gasteiger partial charge < -0.3 is 25.4 Å². The minimum atomic E-state index is -0.0230. The van der Waals surface area contributed by atoms with Gasteiger partial charge >= 0.3 is 0 Å². The van der Waals surface area contributed by atoms with Crippen LogP contribution < -0.4 is 16.0 Å². The molecule has 0 spiro atoms. The van der Waals surface area contributed by atoms with Gasteiger partial charge in [-0.2, -0.15) is 0 Å². The van der Waals surface area contributed by atoms with E-state index < -0.39 is 0 Å². The molecule has 3 N–H and O–H groups in total. The van der Waals surface area contributed by atoms with Crippen LogP contribution in [0.2, 0.25) is 0 Å². The molecule has 0 radical (unpaired) electrons. The predicted octanol–water partition coefficient (Wildman–Crippen LogP) is 2.03. The van der Waals surface area contributed by atoms with Gasteiger partial charge in [-0.3, -0.25) is 4.98 Å². The molecule has 9 heteroatoms. The lowest BCUT2D eigenvalue weighted by Gasteiger charge is -2.17. The van der Waals surface area contributed by atoms with Crippen LogP contribution in [0.15, 0.2) is 48.9 Å². The number of anilines is 1. The second-order valence-electron chi connectivity index (χ2n) is 6.24. The van der Waals surface area contributed by atoms with Crippen molar-refractivity contribution in [2.45, 2.75) is 6.04 Å². The number of methoxy groups -OCH3 is 2. The van der Waals surface area contributed by atoms with Crippen LogP contribution >= 0.6 is 12.2 Å². The Hall–Kier alpha value is -2.88. The van der Waals surface area contributed by atoms with E-state index in [0.29, 0.717) is 47.5 Å². The first-order chi connectivity index (χ1) is 14.1. The van der Waals surface area contributed by atoms with Crippen LogP contribution in [0.5, 0.6) is 0 Å². The molecule has 29 heavy (non-hydrogen) atoms. The molecule has 1 unspecified atom stereocenters. The number of allylic oxidation sites excluding steroid dienone is 2. The van der Waals surface area contributed by atoms with E-state index in [0.717, 1.165) is 11.3 Å². The van der Waals surface area contributed by atoms with Gasteiger partial charge in [-0.25, -0.2) is 9.97 Å². The summed E-state index contributed by atoms with van der Waals surface area (Å²) in [6.45, 7) is 5.40. The van der Waals surface area contributed by atoms with E-state index >= 15 is 0 Å². The van der Waals surface area contributed by atoms with E-state index in [2.05, 4.69) is 37.5 Å². The van der Waals surface area contributed by atoms with Crippen LogP contribution in [0, 0.1) is 0 Å². The summed E-state index contributed by atoms with van der Waals surface area (Å²) < 4.78 is 10.8. The highest BCUT2D eigenvalue weighted by Crippen LogP contribution is 2.21. The highest BCUT2D eigenvalue weighted by molar-refractivity contribution is 7.80. The van der Waals surface area contributed by atoms with Crippen LogP contribution in [-0.2, 0) is 9.47 Å². The van der Waals surface area contributed by atoms with Crippen molar-refractivity contribution in [1.29, 1.82) is 0 Å². The van der Waals surface area contributed by atoms with Gasteiger partial charge in [0.2, 0.25) is 0 Å². The van der Waals surface area contributed by atoms with Gasteiger partial charge in [0.15, 0.2) is 10.8 Å². The molecule has 0 saturated heterocycles. The van der Waals surface area contributed by atoms with Crippen LogP contribution in [-0.4, -0.2) is 60.0 Å². The largest absolute Gasteiger partial charge is 0.499 e. The van der Waals surface area contributed by atoms with Crippen molar-refractivity contribution >= 4 is 39.9 Å². The highest BCUT2D eigenvalue weighted by atomic mass is 32.1. The first-order valence-electron chi connectivity index (χ1n) is 9.12. The first-order valence-corrected chi connectivity index (χ1v) is 9.53. The summed E-state index contributed by atoms with van der Waals surface area (Å²) >= 11 is 5.23. The van der Waals surface area contributed by atoms with Crippen LogP contribution in [0.25, 0.3) is 16.7 Å². The third-order valence-corrected chi connectivity index (χ3v) is 4.49. The lowest BCUT2D eigenvalue weighted by molar-refractivity contribution is 0.148. The number of nitrogens with zero attached hydrogens (tertiary/aromatic N) is 3. The fraction of sp³-hybridized carbons (Fsp3) is 0.300. The van der Waals surface area contributed by atoms with E-state index in [4.69, 9.17) is 21.7 Å². The Bertz CT molecular complexity index is 959. The van der Waals surface area contributed by atoms with Crippen molar-refractivity contribution in [3.05, 3.63) is 54.6 Å². The zero-order chi connectivity index (χ0) is 20.6. The Labute approximate surface area is 175 Å². The third-order valence-electron chi connectivity index (χ3n) is 4.25. The number of thiocarbonyl (C=S) groups is 1. The van der Waals surface area contributed by atoms with Crippen molar-refractivity contribution in [3.63, 3.8) is 0 Å². The molecular weight excluding hydrogens is 388 g/mol. The highest BCUT2D eigenvalue weighted by Gasteiger charge is 2.18. The van der Waals surface area contributed by atoms with E-state index in [1.54, 1.807) is 26.5 Å². The number of nitrogens with one attached hydrogen (secondary N) is 3. The van der Waals surface area contributed by atoms with Gasteiger partial charge in [-0.15, -0.1) is 6.58 Å². The summed E-state index contributed by atoms with van der Waals surface area (Å²) in [7, 11) is 3.31. The fourth-order valence-electron chi connectivity index (χ4n) is 2.84. The molecule has 0 fully saturated rings. The number of pyridine rings is 1. The summed E-state index contributed by atoms with van der Waals surface area (Å²) in [5, 5.41) is 9.88. The lowest BCUT2D eigenvalue weighted by Crippen LogP contribution is -2.35. The lowest BCUT2D eigenvalue weighted by atomic mass is 10.1. The zero-order valence-electron chi connectivity index (χ0n) is 16.4. The summed E-state index contributed by atoms with van der Waals surface area (Å²) in [4.78, 5) is 13.7. The summed E-state index contributed by atoms with van der Waals surface area (Å²) in [5.41, 5.74) is 2.84. The average Bonchev–Trinajstić information content (AvgIpc) is 2.94. The number of ether oxygens (including phenoxy) is 2. The molecule has 0 aromatic carbocycles. The monoisotopic (exact) mass is 412 g/mol.